The average molecular weight is 251 g/mol. The maximum Gasteiger partial charge on any atom is 0.246 e. The zero-order chi connectivity index (χ0) is 12.6. The molecule has 100 valence electrons. The van der Waals surface area contributed by atoms with Crippen LogP contribution in [0.25, 0.3) is 0 Å². The summed E-state index contributed by atoms with van der Waals surface area (Å²) in [6.07, 6.45) is 6.20. The molecular formula is C13H21N3O2. The first-order chi connectivity index (χ1) is 8.84. The van der Waals surface area contributed by atoms with Crippen LogP contribution < -0.4 is 10.6 Å². The largest absolute Gasteiger partial charge is 0.368 e. The molecule has 1 aromatic rings. The Morgan fingerprint density at radius 1 is 1.33 bits per heavy atom. The molecule has 1 amide bonds. The van der Waals surface area contributed by atoms with Crippen LogP contribution in [0.3, 0.4) is 0 Å². The minimum Gasteiger partial charge on any atom is -0.368 e. The lowest BCUT2D eigenvalue weighted by Gasteiger charge is -2.22. The first-order valence-electron chi connectivity index (χ1n) is 6.54. The second kappa shape index (κ2) is 7.18. The highest BCUT2D eigenvalue weighted by atomic mass is 16.5. The van der Waals surface area contributed by atoms with E-state index < -0.39 is 0 Å². The van der Waals surface area contributed by atoms with Crippen molar-refractivity contribution in [2.24, 2.45) is 0 Å². The molecule has 5 heteroatoms. The molecule has 0 saturated carbocycles. The van der Waals surface area contributed by atoms with E-state index in [0.29, 0.717) is 6.54 Å². The lowest BCUT2D eigenvalue weighted by molar-refractivity contribution is -0.128. The van der Waals surface area contributed by atoms with Gasteiger partial charge in [-0.25, -0.2) is 0 Å². The van der Waals surface area contributed by atoms with E-state index in [-0.39, 0.29) is 18.6 Å². The van der Waals surface area contributed by atoms with Crippen LogP contribution in [-0.4, -0.2) is 42.8 Å². The zero-order valence-electron chi connectivity index (χ0n) is 10.6. The maximum atomic E-state index is 11.6. The molecule has 5 nitrogen and oxygen atoms in total. The highest BCUT2D eigenvalue weighted by Crippen LogP contribution is 2.06. The molecule has 0 atom stereocenters. The summed E-state index contributed by atoms with van der Waals surface area (Å²) in [5.41, 5.74) is 0. The number of hydrogen-bond donors (Lipinski definition) is 2. The smallest absolute Gasteiger partial charge is 0.246 e. The molecule has 1 aromatic heterocycles. The number of carbonyl (C=O) groups is 1. The minimum absolute atomic E-state index is 0.0271. The SMILES string of the molecule is O=C(COC1CCNCC1)NCCn1cccc1. The number of amides is 1. The standard InChI is InChI=1S/C13H21N3O2/c17-13(11-18-12-3-5-14-6-4-12)15-7-10-16-8-1-2-9-16/h1-2,8-9,12,14H,3-7,10-11H2,(H,15,17). The highest BCUT2D eigenvalue weighted by molar-refractivity contribution is 5.77. The molecule has 0 aliphatic carbocycles. The molecule has 1 saturated heterocycles. The van der Waals surface area contributed by atoms with E-state index in [4.69, 9.17) is 4.74 Å². The van der Waals surface area contributed by atoms with Crippen molar-refractivity contribution in [3.63, 3.8) is 0 Å². The molecule has 0 spiro atoms. The fourth-order valence-corrected chi connectivity index (χ4v) is 2.05. The van der Waals surface area contributed by atoms with Gasteiger partial charge in [-0.15, -0.1) is 0 Å². The molecule has 1 aliphatic rings. The zero-order valence-corrected chi connectivity index (χ0v) is 10.6. The first kappa shape index (κ1) is 13.1. The van der Waals surface area contributed by atoms with Gasteiger partial charge in [-0.3, -0.25) is 4.79 Å². The molecule has 2 rings (SSSR count). The number of carbonyl (C=O) groups excluding carboxylic acids is 1. The number of nitrogens with one attached hydrogen (secondary N) is 2. The van der Waals surface area contributed by atoms with Gasteiger partial charge in [-0.1, -0.05) is 0 Å². The van der Waals surface area contributed by atoms with E-state index in [2.05, 4.69) is 10.6 Å². The van der Waals surface area contributed by atoms with E-state index in [1.54, 1.807) is 0 Å². The fourth-order valence-electron chi connectivity index (χ4n) is 2.05. The van der Waals surface area contributed by atoms with Crippen LogP contribution in [0.4, 0.5) is 0 Å². The Hall–Kier alpha value is -1.33. The molecule has 0 bridgehead atoms. The van der Waals surface area contributed by atoms with Crippen molar-refractivity contribution in [3.05, 3.63) is 24.5 Å². The Kier molecular flexibility index (Phi) is 5.23. The summed E-state index contributed by atoms with van der Waals surface area (Å²) in [6.45, 7) is 3.59. The van der Waals surface area contributed by atoms with Gasteiger partial charge in [0, 0.05) is 25.5 Å². The molecule has 2 N–H and O–H groups in total. The molecular weight excluding hydrogens is 230 g/mol. The van der Waals surface area contributed by atoms with Gasteiger partial charge in [0.15, 0.2) is 0 Å². The van der Waals surface area contributed by atoms with Crippen molar-refractivity contribution in [2.75, 3.05) is 26.2 Å². The third-order valence-electron chi connectivity index (χ3n) is 3.09. The summed E-state index contributed by atoms with van der Waals surface area (Å²) in [4.78, 5) is 11.6. The second-order valence-corrected chi connectivity index (χ2v) is 4.53. The normalized spacial score (nSPS) is 16.7. The van der Waals surface area contributed by atoms with Crippen molar-refractivity contribution in [1.82, 2.24) is 15.2 Å². The summed E-state index contributed by atoms with van der Waals surface area (Å²) in [5.74, 6) is -0.0271. The van der Waals surface area contributed by atoms with Gasteiger partial charge in [0.25, 0.3) is 0 Å². The van der Waals surface area contributed by atoms with E-state index >= 15 is 0 Å². The van der Waals surface area contributed by atoms with Crippen LogP contribution in [0.2, 0.25) is 0 Å². The lowest BCUT2D eigenvalue weighted by atomic mass is 10.1. The Bertz CT molecular complexity index is 345. The second-order valence-electron chi connectivity index (χ2n) is 4.53. The topological polar surface area (TPSA) is 55.3 Å². The number of hydrogen-bond acceptors (Lipinski definition) is 3. The van der Waals surface area contributed by atoms with E-state index in [1.807, 2.05) is 29.1 Å². The maximum absolute atomic E-state index is 11.6. The van der Waals surface area contributed by atoms with Crippen LogP contribution in [0.1, 0.15) is 12.8 Å². The van der Waals surface area contributed by atoms with E-state index in [9.17, 15) is 4.79 Å². The number of piperidine rings is 1. The summed E-state index contributed by atoms with van der Waals surface area (Å²) in [6, 6.07) is 3.95. The summed E-state index contributed by atoms with van der Waals surface area (Å²) in [5, 5.41) is 6.13. The van der Waals surface area contributed by atoms with Crippen molar-refractivity contribution in [1.29, 1.82) is 0 Å². The summed E-state index contributed by atoms with van der Waals surface area (Å²) >= 11 is 0. The Morgan fingerprint density at radius 3 is 2.78 bits per heavy atom. The van der Waals surface area contributed by atoms with Gasteiger partial charge in [0.1, 0.15) is 6.61 Å². The van der Waals surface area contributed by atoms with Gasteiger partial charge in [-0.2, -0.15) is 0 Å². The minimum atomic E-state index is -0.0271. The van der Waals surface area contributed by atoms with Gasteiger partial charge < -0.3 is 19.9 Å². The van der Waals surface area contributed by atoms with Crippen molar-refractivity contribution < 1.29 is 9.53 Å². The van der Waals surface area contributed by atoms with Crippen molar-refractivity contribution >= 4 is 5.91 Å². The Labute approximate surface area is 108 Å². The molecule has 1 aliphatic heterocycles. The van der Waals surface area contributed by atoms with Gasteiger partial charge in [0.05, 0.1) is 6.10 Å². The molecule has 0 aromatic carbocycles. The third kappa shape index (κ3) is 4.50. The Balaban J connectivity index is 1.54. The molecule has 0 radical (unpaired) electrons. The number of nitrogens with zero attached hydrogens (tertiary/aromatic N) is 1. The van der Waals surface area contributed by atoms with Gasteiger partial charge >= 0.3 is 0 Å². The number of rotatable bonds is 6. The Morgan fingerprint density at radius 2 is 2.06 bits per heavy atom. The molecule has 0 unspecified atom stereocenters. The summed E-state index contributed by atoms with van der Waals surface area (Å²) < 4.78 is 7.61. The predicted molar refractivity (Wildman–Crippen MR) is 69.3 cm³/mol. The number of aromatic nitrogens is 1. The van der Waals surface area contributed by atoms with E-state index in [1.165, 1.54) is 0 Å². The lowest BCUT2D eigenvalue weighted by Crippen LogP contribution is -2.36. The highest BCUT2D eigenvalue weighted by Gasteiger charge is 2.14. The fraction of sp³-hybridized carbons (Fsp3) is 0.615. The van der Waals surface area contributed by atoms with Crippen LogP contribution in [0.5, 0.6) is 0 Å². The van der Waals surface area contributed by atoms with Crippen LogP contribution in [0.15, 0.2) is 24.5 Å². The molecule has 18 heavy (non-hydrogen) atoms. The monoisotopic (exact) mass is 251 g/mol. The number of ether oxygens (including phenoxy) is 1. The van der Waals surface area contributed by atoms with Crippen LogP contribution >= 0.6 is 0 Å². The first-order valence-corrected chi connectivity index (χ1v) is 6.54. The quantitative estimate of drug-likeness (QED) is 0.768. The molecule has 2 heterocycles. The van der Waals surface area contributed by atoms with Crippen LogP contribution in [0, 0.1) is 0 Å². The summed E-state index contributed by atoms with van der Waals surface area (Å²) in [7, 11) is 0. The van der Waals surface area contributed by atoms with E-state index in [0.717, 1.165) is 32.5 Å². The average Bonchev–Trinajstić information content (AvgIpc) is 2.91. The van der Waals surface area contributed by atoms with Crippen molar-refractivity contribution in [2.45, 2.75) is 25.5 Å². The van der Waals surface area contributed by atoms with Gasteiger partial charge in [-0.05, 0) is 38.1 Å². The van der Waals surface area contributed by atoms with Crippen molar-refractivity contribution in [3.8, 4) is 0 Å². The van der Waals surface area contributed by atoms with Crippen LogP contribution in [-0.2, 0) is 16.1 Å². The predicted octanol–water partition coefficient (Wildman–Crippen LogP) is 0.373. The van der Waals surface area contributed by atoms with Gasteiger partial charge in [0.2, 0.25) is 5.91 Å². The third-order valence-corrected chi connectivity index (χ3v) is 3.09. The molecule has 1 fully saturated rings.